The van der Waals surface area contributed by atoms with Crippen molar-refractivity contribution in [1.82, 2.24) is 15.3 Å². The van der Waals surface area contributed by atoms with E-state index in [1.807, 2.05) is 20.8 Å². The van der Waals surface area contributed by atoms with Crippen molar-refractivity contribution in [2.45, 2.75) is 20.8 Å². The summed E-state index contributed by atoms with van der Waals surface area (Å²) in [7, 11) is 0. The van der Waals surface area contributed by atoms with Crippen LogP contribution in [0.25, 0.3) is 0 Å². The number of likely N-dealkylation sites (N-methyl/N-ethyl adjacent to an activating group) is 1. The number of benzene rings is 1. The summed E-state index contributed by atoms with van der Waals surface area (Å²) >= 11 is 0. The van der Waals surface area contributed by atoms with E-state index in [2.05, 4.69) is 15.5 Å². The maximum Gasteiger partial charge on any atom is 0.272 e. The van der Waals surface area contributed by atoms with Gasteiger partial charge >= 0.3 is 0 Å². The molecule has 0 fully saturated rings. The Morgan fingerprint density at radius 1 is 1.14 bits per heavy atom. The highest BCUT2D eigenvalue weighted by atomic mass is 16.5. The Hall–Kier alpha value is -3.42. The van der Waals surface area contributed by atoms with Gasteiger partial charge in [-0.15, -0.1) is 0 Å². The Labute approximate surface area is 170 Å². The number of aromatic nitrogens is 1. The van der Waals surface area contributed by atoms with Crippen LogP contribution in [0.15, 0.2) is 47.8 Å². The summed E-state index contributed by atoms with van der Waals surface area (Å²) in [6, 6.07) is 8.54. The molecule has 0 aliphatic carbocycles. The molecular formula is C21H26N4O4. The molecule has 8 heteroatoms. The standard InChI is InChI=1S/C21H26N4O4/c1-4-25(5-2)20(26)15-29-18-10-9-16(12-19(18)28-6-3)13-23-24-21(27)17-8-7-11-22-14-17/h7-14H,4-6,15H2,1-3H3,(H,24,27)/b23-13-. The van der Waals surface area contributed by atoms with Gasteiger partial charge < -0.3 is 14.4 Å². The summed E-state index contributed by atoms with van der Waals surface area (Å²) in [4.78, 5) is 29.7. The molecule has 0 bridgehead atoms. The Kier molecular flexibility index (Phi) is 8.62. The van der Waals surface area contributed by atoms with Crippen LogP contribution in [0, 0.1) is 0 Å². The molecule has 0 aliphatic rings. The van der Waals surface area contributed by atoms with E-state index in [1.54, 1.807) is 41.4 Å². The zero-order valence-electron chi connectivity index (χ0n) is 16.9. The smallest absolute Gasteiger partial charge is 0.272 e. The second-order valence-corrected chi connectivity index (χ2v) is 5.93. The van der Waals surface area contributed by atoms with Crippen LogP contribution in [-0.2, 0) is 4.79 Å². The molecule has 1 heterocycles. The average Bonchev–Trinajstić information content (AvgIpc) is 2.75. The summed E-state index contributed by atoms with van der Waals surface area (Å²) in [5.74, 6) is 0.543. The number of hydrogen-bond donors (Lipinski definition) is 1. The topological polar surface area (TPSA) is 93.1 Å². The van der Waals surface area contributed by atoms with Crippen molar-refractivity contribution in [1.29, 1.82) is 0 Å². The van der Waals surface area contributed by atoms with E-state index in [0.29, 0.717) is 42.3 Å². The molecule has 29 heavy (non-hydrogen) atoms. The lowest BCUT2D eigenvalue weighted by Gasteiger charge is -2.19. The van der Waals surface area contributed by atoms with Gasteiger partial charge in [0.2, 0.25) is 0 Å². The van der Waals surface area contributed by atoms with Crippen molar-refractivity contribution in [3.63, 3.8) is 0 Å². The zero-order chi connectivity index (χ0) is 21.1. The molecule has 0 saturated heterocycles. The Morgan fingerprint density at radius 2 is 1.93 bits per heavy atom. The van der Waals surface area contributed by atoms with Crippen molar-refractivity contribution < 1.29 is 19.1 Å². The normalized spacial score (nSPS) is 10.6. The fourth-order valence-corrected chi connectivity index (χ4v) is 2.53. The van der Waals surface area contributed by atoms with E-state index < -0.39 is 0 Å². The highest BCUT2D eigenvalue weighted by Crippen LogP contribution is 2.28. The van der Waals surface area contributed by atoms with E-state index in [-0.39, 0.29) is 18.4 Å². The third-order valence-corrected chi connectivity index (χ3v) is 4.04. The minimum Gasteiger partial charge on any atom is -0.490 e. The lowest BCUT2D eigenvalue weighted by atomic mass is 10.2. The van der Waals surface area contributed by atoms with E-state index >= 15 is 0 Å². The molecule has 0 radical (unpaired) electrons. The first-order valence-corrected chi connectivity index (χ1v) is 9.49. The largest absolute Gasteiger partial charge is 0.490 e. The summed E-state index contributed by atoms with van der Waals surface area (Å²) in [6.45, 7) is 7.37. The van der Waals surface area contributed by atoms with Crippen LogP contribution in [-0.4, -0.2) is 54.2 Å². The molecule has 1 N–H and O–H groups in total. The van der Waals surface area contributed by atoms with Gasteiger partial charge in [0, 0.05) is 25.5 Å². The predicted molar refractivity (Wildman–Crippen MR) is 110 cm³/mol. The van der Waals surface area contributed by atoms with Crippen LogP contribution >= 0.6 is 0 Å². The number of hydrazone groups is 1. The molecule has 0 atom stereocenters. The number of ether oxygens (including phenoxy) is 2. The first kappa shape index (κ1) is 21.9. The number of nitrogens with one attached hydrogen (secondary N) is 1. The quantitative estimate of drug-likeness (QED) is 0.490. The summed E-state index contributed by atoms with van der Waals surface area (Å²) in [6.07, 6.45) is 4.56. The number of nitrogens with zero attached hydrogens (tertiary/aromatic N) is 3. The van der Waals surface area contributed by atoms with Crippen LogP contribution in [0.4, 0.5) is 0 Å². The van der Waals surface area contributed by atoms with Crippen molar-refractivity contribution in [2.24, 2.45) is 5.10 Å². The third-order valence-electron chi connectivity index (χ3n) is 4.04. The molecular weight excluding hydrogens is 372 g/mol. The number of hydrogen-bond acceptors (Lipinski definition) is 6. The molecule has 1 aromatic heterocycles. The van der Waals surface area contributed by atoms with E-state index in [4.69, 9.17) is 9.47 Å². The van der Waals surface area contributed by atoms with Gasteiger partial charge in [-0.3, -0.25) is 14.6 Å². The molecule has 2 amide bonds. The molecule has 8 nitrogen and oxygen atoms in total. The van der Waals surface area contributed by atoms with Crippen LogP contribution in [0.2, 0.25) is 0 Å². The van der Waals surface area contributed by atoms with E-state index in [1.165, 1.54) is 12.4 Å². The third kappa shape index (κ3) is 6.60. The van der Waals surface area contributed by atoms with Crippen LogP contribution in [0.5, 0.6) is 11.5 Å². The van der Waals surface area contributed by atoms with Gasteiger partial charge in [0.05, 0.1) is 18.4 Å². The molecule has 1 aromatic carbocycles. The number of amides is 2. The van der Waals surface area contributed by atoms with Gasteiger partial charge in [0.15, 0.2) is 18.1 Å². The SMILES string of the molecule is CCOc1cc(/C=N\NC(=O)c2cccnc2)ccc1OCC(=O)N(CC)CC. The number of carbonyl (C=O) groups is 2. The van der Waals surface area contributed by atoms with Crippen LogP contribution in [0.1, 0.15) is 36.7 Å². The van der Waals surface area contributed by atoms with Gasteiger partial charge in [-0.05, 0) is 56.7 Å². The van der Waals surface area contributed by atoms with E-state index in [9.17, 15) is 9.59 Å². The Bertz CT molecular complexity index is 836. The maximum absolute atomic E-state index is 12.1. The second kappa shape index (κ2) is 11.4. The van der Waals surface area contributed by atoms with Gasteiger partial charge in [0.25, 0.3) is 11.8 Å². The van der Waals surface area contributed by atoms with Crippen molar-refractivity contribution in [2.75, 3.05) is 26.3 Å². The zero-order valence-corrected chi connectivity index (χ0v) is 16.9. The van der Waals surface area contributed by atoms with Gasteiger partial charge in [-0.1, -0.05) is 0 Å². The maximum atomic E-state index is 12.1. The van der Waals surface area contributed by atoms with Gasteiger partial charge in [-0.25, -0.2) is 5.43 Å². The lowest BCUT2D eigenvalue weighted by Crippen LogP contribution is -2.34. The number of pyridine rings is 1. The van der Waals surface area contributed by atoms with Gasteiger partial charge in [-0.2, -0.15) is 5.10 Å². The molecule has 154 valence electrons. The average molecular weight is 398 g/mol. The Balaban J connectivity index is 2.02. The Morgan fingerprint density at radius 3 is 2.59 bits per heavy atom. The summed E-state index contributed by atoms with van der Waals surface area (Å²) in [5.41, 5.74) is 3.58. The van der Waals surface area contributed by atoms with Crippen molar-refractivity contribution in [3.05, 3.63) is 53.9 Å². The fraction of sp³-hybridized carbons (Fsp3) is 0.333. The minimum atomic E-state index is -0.353. The number of rotatable bonds is 10. The summed E-state index contributed by atoms with van der Waals surface area (Å²) < 4.78 is 11.3. The molecule has 0 aliphatic heterocycles. The first-order valence-electron chi connectivity index (χ1n) is 9.49. The van der Waals surface area contributed by atoms with E-state index in [0.717, 1.165) is 0 Å². The van der Waals surface area contributed by atoms with Crippen molar-refractivity contribution in [3.8, 4) is 11.5 Å². The van der Waals surface area contributed by atoms with Crippen LogP contribution < -0.4 is 14.9 Å². The minimum absolute atomic E-state index is 0.0592. The molecule has 0 unspecified atom stereocenters. The molecule has 0 saturated carbocycles. The first-order chi connectivity index (χ1) is 14.1. The highest BCUT2D eigenvalue weighted by Gasteiger charge is 2.13. The summed E-state index contributed by atoms with van der Waals surface area (Å²) in [5, 5.41) is 3.96. The monoisotopic (exact) mass is 398 g/mol. The molecule has 2 rings (SSSR count). The predicted octanol–water partition coefficient (Wildman–Crippen LogP) is 2.49. The molecule has 2 aromatic rings. The van der Waals surface area contributed by atoms with Gasteiger partial charge in [0.1, 0.15) is 0 Å². The van der Waals surface area contributed by atoms with Crippen LogP contribution in [0.3, 0.4) is 0 Å². The fourth-order valence-electron chi connectivity index (χ4n) is 2.53. The lowest BCUT2D eigenvalue weighted by molar-refractivity contribution is -0.133. The van der Waals surface area contributed by atoms with Crippen molar-refractivity contribution >= 4 is 18.0 Å². The second-order valence-electron chi connectivity index (χ2n) is 5.93. The highest BCUT2D eigenvalue weighted by molar-refractivity contribution is 5.94. The number of carbonyl (C=O) groups excluding carboxylic acids is 2. The molecule has 0 spiro atoms.